The zero-order valence-electron chi connectivity index (χ0n) is 10.1. The minimum atomic E-state index is -1.01. The van der Waals surface area contributed by atoms with Crippen LogP contribution in [0.3, 0.4) is 0 Å². The van der Waals surface area contributed by atoms with Crippen LogP contribution in [0.5, 0.6) is 0 Å². The molecule has 0 saturated heterocycles. The van der Waals surface area contributed by atoms with Crippen molar-refractivity contribution < 1.29 is 9.72 Å². The highest BCUT2D eigenvalue weighted by Crippen LogP contribution is 2.27. The molecule has 0 heterocycles. The molecule has 0 fully saturated rings. The lowest BCUT2D eigenvalue weighted by atomic mass is 9.99. The van der Waals surface area contributed by atoms with Gasteiger partial charge < -0.3 is 11.1 Å². The van der Waals surface area contributed by atoms with Gasteiger partial charge in [-0.05, 0) is 35.3 Å². The van der Waals surface area contributed by atoms with Crippen LogP contribution in [0.1, 0.15) is 20.3 Å². The van der Waals surface area contributed by atoms with Crippen molar-refractivity contribution in [1.29, 1.82) is 0 Å². The van der Waals surface area contributed by atoms with Gasteiger partial charge in [-0.25, -0.2) is 0 Å². The van der Waals surface area contributed by atoms with E-state index in [0.29, 0.717) is 16.6 Å². The SMILES string of the molecule is CCC(C)(N)C(=O)Nc1cc([N+](=O)[O-])ccc1Br. The average Bonchev–Trinajstić information content (AvgIpc) is 2.31. The van der Waals surface area contributed by atoms with Crippen LogP contribution in [0.15, 0.2) is 22.7 Å². The van der Waals surface area contributed by atoms with E-state index < -0.39 is 10.5 Å². The minimum Gasteiger partial charge on any atom is -0.323 e. The topological polar surface area (TPSA) is 98.3 Å². The number of nitrogens with one attached hydrogen (secondary N) is 1. The standard InChI is InChI=1S/C11H14BrN3O3/c1-3-11(2,13)10(16)14-9-6-7(15(17)18)4-5-8(9)12/h4-6H,3,13H2,1-2H3,(H,14,16). The number of nitro groups is 1. The van der Waals surface area contributed by atoms with Gasteiger partial charge in [-0.2, -0.15) is 0 Å². The summed E-state index contributed by atoms with van der Waals surface area (Å²) in [6, 6.07) is 4.14. The van der Waals surface area contributed by atoms with Crippen molar-refractivity contribution in [3.63, 3.8) is 0 Å². The first-order valence-corrected chi connectivity index (χ1v) is 6.11. The Kier molecular flexibility index (Phi) is 4.42. The van der Waals surface area contributed by atoms with Crippen LogP contribution in [0, 0.1) is 10.1 Å². The molecule has 18 heavy (non-hydrogen) atoms. The van der Waals surface area contributed by atoms with Gasteiger partial charge in [0.15, 0.2) is 0 Å². The second-order valence-electron chi connectivity index (χ2n) is 4.15. The number of anilines is 1. The predicted molar refractivity (Wildman–Crippen MR) is 72.3 cm³/mol. The molecule has 0 aliphatic rings. The first-order chi connectivity index (χ1) is 8.27. The highest BCUT2D eigenvalue weighted by Gasteiger charge is 2.26. The minimum absolute atomic E-state index is 0.0938. The number of carbonyl (C=O) groups is 1. The van der Waals surface area contributed by atoms with Crippen LogP contribution < -0.4 is 11.1 Å². The van der Waals surface area contributed by atoms with Crippen LogP contribution >= 0.6 is 15.9 Å². The summed E-state index contributed by atoms with van der Waals surface area (Å²) in [5.74, 6) is -0.383. The number of benzene rings is 1. The molecule has 0 aromatic heterocycles. The van der Waals surface area contributed by atoms with Crippen LogP contribution in [-0.2, 0) is 4.79 Å². The Balaban J connectivity index is 3.01. The molecule has 1 aromatic carbocycles. The Labute approximate surface area is 113 Å². The molecular weight excluding hydrogens is 302 g/mol. The number of rotatable bonds is 4. The lowest BCUT2D eigenvalue weighted by Crippen LogP contribution is -2.47. The van der Waals surface area contributed by atoms with E-state index in [1.165, 1.54) is 18.2 Å². The summed E-state index contributed by atoms with van der Waals surface area (Å²) in [5.41, 5.74) is 5.02. The van der Waals surface area contributed by atoms with E-state index in [1.807, 2.05) is 0 Å². The lowest BCUT2D eigenvalue weighted by molar-refractivity contribution is -0.384. The number of amides is 1. The highest BCUT2D eigenvalue weighted by molar-refractivity contribution is 9.10. The number of nitrogens with two attached hydrogens (primary N) is 1. The van der Waals surface area contributed by atoms with Crippen LogP contribution in [0.25, 0.3) is 0 Å². The van der Waals surface area contributed by atoms with E-state index in [9.17, 15) is 14.9 Å². The lowest BCUT2D eigenvalue weighted by Gasteiger charge is -2.21. The van der Waals surface area contributed by atoms with Gasteiger partial charge in [0.2, 0.25) is 5.91 Å². The number of nitrogens with zero attached hydrogens (tertiary/aromatic N) is 1. The first-order valence-electron chi connectivity index (χ1n) is 5.32. The van der Waals surface area contributed by atoms with Gasteiger partial charge in [-0.3, -0.25) is 14.9 Å². The fourth-order valence-corrected chi connectivity index (χ4v) is 1.49. The quantitative estimate of drug-likeness (QED) is 0.658. The van der Waals surface area contributed by atoms with E-state index >= 15 is 0 Å². The molecule has 1 atom stereocenters. The summed E-state index contributed by atoms with van der Waals surface area (Å²) in [7, 11) is 0. The molecule has 3 N–H and O–H groups in total. The third-order valence-electron chi connectivity index (χ3n) is 2.66. The monoisotopic (exact) mass is 315 g/mol. The Morgan fingerprint density at radius 3 is 2.72 bits per heavy atom. The Morgan fingerprint density at radius 2 is 2.22 bits per heavy atom. The van der Waals surface area contributed by atoms with E-state index in [0.717, 1.165) is 0 Å². The molecule has 6 nitrogen and oxygen atoms in total. The molecule has 1 amide bonds. The van der Waals surface area contributed by atoms with Gasteiger partial charge in [0.1, 0.15) is 0 Å². The summed E-state index contributed by atoms with van der Waals surface area (Å²) in [6.07, 6.45) is 0.464. The molecule has 0 saturated carbocycles. The molecule has 98 valence electrons. The largest absolute Gasteiger partial charge is 0.323 e. The molecule has 1 rings (SSSR count). The number of halogens is 1. The molecule has 7 heteroatoms. The van der Waals surface area contributed by atoms with Crippen LogP contribution in [0.2, 0.25) is 0 Å². The molecular formula is C11H14BrN3O3. The molecule has 0 bridgehead atoms. The maximum atomic E-state index is 11.9. The summed E-state index contributed by atoms with van der Waals surface area (Å²) >= 11 is 3.22. The zero-order chi connectivity index (χ0) is 13.9. The van der Waals surface area contributed by atoms with Crippen molar-refractivity contribution in [2.45, 2.75) is 25.8 Å². The van der Waals surface area contributed by atoms with Crippen molar-refractivity contribution >= 4 is 33.2 Å². The second kappa shape index (κ2) is 5.45. The van der Waals surface area contributed by atoms with Crippen LogP contribution in [-0.4, -0.2) is 16.4 Å². The molecule has 0 spiro atoms. The third-order valence-corrected chi connectivity index (χ3v) is 3.35. The fourth-order valence-electron chi connectivity index (χ4n) is 1.15. The second-order valence-corrected chi connectivity index (χ2v) is 5.00. The maximum Gasteiger partial charge on any atom is 0.271 e. The van der Waals surface area contributed by atoms with Gasteiger partial charge in [0.05, 0.1) is 16.1 Å². The summed E-state index contributed by atoms with van der Waals surface area (Å²) in [4.78, 5) is 22.0. The van der Waals surface area contributed by atoms with E-state index in [4.69, 9.17) is 5.73 Å². The predicted octanol–water partition coefficient (Wildman–Crippen LogP) is 2.42. The van der Waals surface area contributed by atoms with Crippen molar-refractivity contribution in [2.24, 2.45) is 5.73 Å². The molecule has 1 unspecified atom stereocenters. The number of nitro benzene ring substituents is 1. The van der Waals surface area contributed by atoms with Crippen molar-refractivity contribution in [3.8, 4) is 0 Å². The number of hydrogen-bond acceptors (Lipinski definition) is 4. The highest BCUT2D eigenvalue weighted by atomic mass is 79.9. The Hall–Kier alpha value is -1.47. The summed E-state index contributed by atoms with van der Waals surface area (Å²) in [6.45, 7) is 3.40. The summed E-state index contributed by atoms with van der Waals surface area (Å²) in [5, 5.41) is 13.2. The maximum absolute atomic E-state index is 11.9. The first kappa shape index (κ1) is 14.6. The van der Waals surface area contributed by atoms with Gasteiger partial charge in [-0.1, -0.05) is 6.92 Å². The Bertz CT molecular complexity index is 488. The van der Waals surface area contributed by atoms with Gasteiger partial charge in [0.25, 0.3) is 5.69 Å². The van der Waals surface area contributed by atoms with Gasteiger partial charge in [-0.15, -0.1) is 0 Å². The molecule has 0 radical (unpaired) electrons. The molecule has 0 aliphatic carbocycles. The molecule has 1 aromatic rings. The normalized spacial score (nSPS) is 13.8. The zero-order valence-corrected chi connectivity index (χ0v) is 11.7. The van der Waals surface area contributed by atoms with E-state index in [1.54, 1.807) is 13.8 Å². The third kappa shape index (κ3) is 3.27. The average molecular weight is 316 g/mol. The Morgan fingerprint density at radius 1 is 1.61 bits per heavy atom. The molecule has 0 aliphatic heterocycles. The van der Waals surface area contributed by atoms with Crippen molar-refractivity contribution in [2.75, 3.05) is 5.32 Å². The smallest absolute Gasteiger partial charge is 0.271 e. The fraction of sp³-hybridized carbons (Fsp3) is 0.364. The van der Waals surface area contributed by atoms with Crippen LogP contribution in [0.4, 0.5) is 11.4 Å². The number of hydrogen-bond donors (Lipinski definition) is 2. The van der Waals surface area contributed by atoms with Gasteiger partial charge >= 0.3 is 0 Å². The van der Waals surface area contributed by atoms with Crippen molar-refractivity contribution in [1.82, 2.24) is 0 Å². The number of non-ortho nitro benzene ring substituents is 1. The number of carbonyl (C=O) groups excluding carboxylic acids is 1. The summed E-state index contributed by atoms with van der Waals surface area (Å²) < 4.78 is 0.563. The van der Waals surface area contributed by atoms with E-state index in [2.05, 4.69) is 21.2 Å². The van der Waals surface area contributed by atoms with E-state index in [-0.39, 0.29) is 11.6 Å². The van der Waals surface area contributed by atoms with Gasteiger partial charge in [0, 0.05) is 16.6 Å². The van der Waals surface area contributed by atoms with Crippen molar-refractivity contribution in [3.05, 3.63) is 32.8 Å².